The van der Waals surface area contributed by atoms with Gasteiger partial charge in [-0.3, -0.25) is 4.72 Å². The van der Waals surface area contributed by atoms with Gasteiger partial charge in [0.15, 0.2) is 5.25 Å². The van der Waals surface area contributed by atoms with Crippen molar-refractivity contribution in [2.75, 3.05) is 17.6 Å². The number of anilines is 2. The van der Waals surface area contributed by atoms with Crippen molar-refractivity contribution in [1.82, 2.24) is 0 Å². The standard InChI is InChI=1S/C10H13N3O3S/c1-7(6-11)17(14,15)13-8-3-4-10(16-2)9(12)5-8/h3-5,7,13H,12H2,1-2H3. The molecular weight excluding hydrogens is 242 g/mol. The number of nitrogen functional groups attached to an aromatic ring is 1. The summed E-state index contributed by atoms with van der Waals surface area (Å²) in [5.74, 6) is 0.460. The summed E-state index contributed by atoms with van der Waals surface area (Å²) in [6.45, 7) is 1.30. The van der Waals surface area contributed by atoms with Crippen molar-refractivity contribution in [3.05, 3.63) is 18.2 Å². The van der Waals surface area contributed by atoms with Gasteiger partial charge >= 0.3 is 0 Å². The lowest BCUT2D eigenvalue weighted by atomic mass is 10.2. The smallest absolute Gasteiger partial charge is 0.248 e. The highest BCUT2D eigenvalue weighted by atomic mass is 32.2. The van der Waals surface area contributed by atoms with Gasteiger partial charge in [0.1, 0.15) is 5.75 Å². The molecule has 0 aliphatic rings. The molecule has 1 aromatic rings. The normalized spacial score (nSPS) is 12.5. The predicted octanol–water partition coefficient (Wildman–Crippen LogP) is 0.931. The highest BCUT2D eigenvalue weighted by Gasteiger charge is 2.20. The lowest BCUT2D eigenvalue weighted by molar-refractivity contribution is 0.417. The molecule has 7 heteroatoms. The Morgan fingerprint density at radius 3 is 2.65 bits per heavy atom. The van der Waals surface area contributed by atoms with E-state index in [1.165, 1.54) is 26.2 Å². The van der Waals surface area contributed by atoms with Crippen molar-refractivity contribution in [2.45, 2.75) is 12.2 Å². The zero-order chi connectivity index (χ0) is 13.1. The van der Waals surface area contributed by atoms with Crippen LogP contribution in [0.5, 0.6) is 5.75 Å². The van der Waals surface area contributed by atoms with Crippen LogP contribution < -0.4 is 15.2 Å². The van der Waals surface area contributed by atoms with Gasteiger partial charge in [-0.1, -0.05) is 0 Å². The molecule has 17 heavy (non-hydrogen) atoms. The lowest BCUT2D eigenvalue weighted by Gasteiger charge is -2.11. The fraction of sp³-hybridized carbons (Fsp3) is 0.300. The number of hydrogen-bond donors (Lipinski definition) is 2. The van der Waals surface area contributed by atoms with E-state index in [0.29, 0.717) is 17.1 Å². The van der Waals surface area contributed by atoms with E-state index in [4.69, 9.17) is 15.7 Å². The molecule has 0 amide bonds. The molecule has 6 nitrogen and oxygen atoms in total. The minimum atomic E-state index is -3.71. The first-order valence-electron chi connectivity index (χ1n) is 4.75. The molecule has 1 unspecified atom stereocenters. The largest absolute Gasteiger partial charge is 0.495 e. The van der Waals surface area contributed by atoms with Crippen LogP contribution in [0.4, 0.5) is 11.4 Å². The lowest BCUT2D eigenvalue weighted by Crippen LogP contribution is -2.23. The van der Waals surface area contributed by atoms with E-state index in [-0.39, 0.29) is 0 Å². The second-order valence-corrected chi connectivity index (χ2v) is 5.38. The molecule has 3 N–H and O–H groups in total. The number of sulfonamides is 1. The maximum absolute atomic E-state index is 11.6. The number of nitrogens with one attached hydrogen (secondary N) is 1. The molecule has 0 fully saturated rings. The fourth-order valence-electron chi connectivity index (χ4n) is 1.12. The third kappa shape index (κ3) is 3.01. The van der Waals surface area contributed by atoms with Crippen LogP contribution in [-0.4, -0.2) is 20.8 Å². The number of benzene rings is 1. The summed E-state index contributed by atoms with van der Waals surface area (Å²) in [6.07, 6.45) is 0. The topological polar surface area (TPSA) is 105 Å². The third-order valence-electron chi connectivity index (χ3n) is 2.14. The summed E-state index contributed by atoms with van der Waals surface area (Å²) in [7, 11) is -2.24. The van der Waals surface area contributed by atoms with Crippen LogP contribution in [0, 0.1) is 11.3 Å². The van der Waals surface area contributed by atoms with E-state index in [1.54, 1.807) is 12.1 Å². The Bertz CT molecular complexity index is 548. The second-order valence-electron chi connectivity index (χ2n) is 3.38. The number of rotatable bonds is 4. The second kappa shape index (κ2) is 4.93. The van der Waals surface area contributed by atoms with E-state index < -0.39 is 15.3 Å². The van der Waals surface area contributed by atoms with Crippen molar-refractivity contribution in [3.8, 4) is 11.8 Å². The first-order chi connectivity index (χ1) is 7.90. The van der Waals surface area contributed by atoms with Crippen LogP contribution in [0.2, 0.25) is 0 Å². The van der Waals surface area contributed by atoms with Gasteiger partial charge in [0.25, 0.3) is 0 Å². The Balaban J connectivity index is 2.98. The Hall–Kier alpha value is -1.94. The van der Waals surface area contributed by atoms with E-state index >= 15 is 0 Å². The molecule has 0 saturated heterocycles. The summed E-state index contributed by atoms with van der Waals surface area (Å²) < 4.78 is 30.4. The Labute approximate surface area is 100 Å². The van der Waals surface area contributed by atoms with Gasteiger partial charge < -0.3 is 10.5 Å². The molecule has 1 aromatic carbocycles. The molecule has 1 atom stereocenters. The van der Waals surface area contributed by atoms with Crippen molar-refractivity contribution < 1.29 is 13.2 Å². The predicted molar refractivity (Wildman–Crippen MR) is 65.0 cm³/mol. The summed E-state index contributed by atoms with van der Waals surface area (Å²) in [5, 5.41) is 7.44. The average Bonchev–Trinajstić information content (AvgIpc) is 2.27. The first kappa shape index (κ1) is 13.1. The number of methoxy groups -OCH3 is 1. The summed E-state index contributed by atoms with van der Waals surface area (Å²) in [5.41, 5.74) is 6.25. The molecule has 0 bridgehead atoms. The first-order valence-corrected chi connectivity index (χ1v) is 6.30. The van der Waals surface area contributed by atoms with Gasteiger partial charge in [0.2, 0.25) is 10.0 Å². The molecule has 0 aromatic heterocycles. The number of nitrogens with two attached hydrogens (primary N) is 1. The highest BCUT2D eigenvalue weighted by Crippen LogP contribution is 2.25. The molecule has 0 aliphatic heterocycles. The van der Waals surface area contributed by atoms with Crippen molar-refractivity contribution in [2.24, 2.45) is 0 Å². The monoisotopic (exact) mass is 255 g/mol. The van der Waals surface area contributed by atoms with Gasteiger partial charge in [0, 0.05) is 0 Å². The van der Waals surface area contributed by atoms with Crippen molar-refractivity contribution >= 4 is 21.4 Å². The maximum atomic E-state index is 11.6. The molecule has 0 heterocycles. The van der Waals surface area contributed by atoms with E-state index in [0.717, 1.165) is 0 Å². The number of nitriles is 1. The average molecular weight is 255 g/mol. The zero-order valence-corrected chi connectivity index (χ0v) is 10.3. The molecule has 1 rings (SSSR count). The number of ether oxygens (including phenoxy) is 1. The van der Waals surface area contributed by atoms with Crippen LogP contribution in [-0.2, 0) is 10.0 Å². The minimum Gasteiger partial charge on any atom is -0.495 e. The summed E-state index contributed by atoms with van der Waals surface area (Å²) in [6, 6.07) is 6.14. The number of hydrogen-bond acceptors (Lipinski definition) is 5. The van der Waals surface area contributed by atoms with E-state index in [2.05, 4.69) is 4.72 Å². The SMILES string of the molecule is COc1ccc(NS(=O)(=O)C(C)C#N)cc1N. The highest BCUT2D eigenvalue weighted by molar-refractivity contribution is 7.93. The minimum absolute atomic E-state index is 0.297. The van der Waals surface area contributed by atoms with E-state index in [9.17, 15) is 8.42 Å². The van der Waals surface area contributed by atoms with Crippen molar-refractivity contribution in [3.63, 3.8) is 0 Å². The van der Waals surface area contributed by atoms with E-state index in [1.807, 2.05) is 0 Å². The van der Waals surface area contributed by atoms with Gasteiger partial charge in [-0.05, 0) is 25.1 Å². The maximum Gasteiger partial charge on any atom is 0.248 e. The number of nitrogens with zero attached hydrogens (tertiary/aromatic N) is 1. The molecular formula is C10H13N3O3S. The fourth-order valence-corrected chi connectivity index (χ4v) is 1.89. The van der Waals surface area contributed by atoms with Crippen LogP contribution in [0.25, 0.3) is 0 Å². The van der Waals surface area contributed by atoms with Crippen LogP contribution >= 0.6 is 0 Å². The molecule has 0 spiro atoms. The van der Waals surface area contributed by atoms with Gasteiger partial charge in [-0.25, -0.2) is 8.42 Å². The van der Waals surface area contributed by atoms with Gasteiger partial charge in [0.05, 0.1) is 24.6 Å². The quantitative estimate of drug-likeness (QED) is 0.778. The van der Waals surface area contributed by atoms with Gasteiger partial charge in [-0.15, -0.1) is 0 Å². The van der Waals surface area contributed by atoms with Crippen LogP contribution in [0.15, 0.2) is 18.2 Å². The Morgan fingerprint density at radius 1 is 1.53 bits per heavy atom. The van der Waals surface area contributed by atoms with Crippen LogP contribution in [0.1, 0.15) is 6.92 Å². The molecule has 92 valence electrons. The Kier molecular flexibility index (Phi) is 3.81. The third-order valence-corrected chi connectivity index (χ3v) is 3.69. The summed E-state index contributed by atoms with van der Waals surface area (Å²) >= 11 is 0. The van der Waals surface area contributed by atoms with Crippen molar-refractivity contribution in [1.29, 1.82) is 5.26 Å². The van der Waals surface area contributed by atoms with Gasteiger partial charge in [-0.2, -0.15) is 5.26 Å². The molecule has 0 aliphatic carbocycles. The Morgan fingerprint density at radius 2 is 2.18 bits per heavy atom. The van der Waals surface area contributed by atoms with Crippen LogP contribution in [0.3, 0.4) is 0 Å². The molecule has 0 radical (unpaired) electrons. The zero-order valence-electron chi connectivity index (χ0n) is 9.47. The molecule has 0 saturated carbocycles. The summed E-state index contributed by atoms with van der Waals surface area (Å²) in [4.78, 5) is 0.